The lowest BCUT2D eigenvalue weighted by atomic mass is 10.1. The van der Waals surface area contributed by atoms with E-state index in [9.17, 15) is 9.59 Å². The number of carbonyl (C=O) groups is 2. The van der Waals surface area contributed by atoms with Gasteiger partial charge < -0.3 is 9.47 Å². The molecular weight excluding hydrogens is 478 g/mol. The Morgan fingerprint density at radius 1 is 1.10 bits per heavy atom. The summed E-state index contributed by atoms with van der Waals surface area (Å²) in [6.45, 7) is 4.85. The molecule has 3 rings (SSSR count). The third-order valence-electron chi connectivity index (χ3n) is 4.05. The van der Waals surface area contributed by atoms with Crippen LogP contribution in [0.3, 0.4) is 0 Å². The fourth-order valence-electron chi connectivity index (χ4n) is 2.78. The fourth-order valence-corrected chi connectivity index (χ4v) is 4.15. The Kier molecular flexibility index (Phi) is 7.27. The molecule has 1 saturated heterocycles. The van der Waals surface area contributed by atoms with E-state index in [-0.39, 0.29) is 17.7 Å². The highest BCUT2D eigenvalue weighted by Crippen LogP contribution is 2.39. The first kappa shape index (κ1) is 21.7. The first-order valence-corrected chi connectivity index (χ1v) is 11.0. The molecule has 0 spiro atoms. The van der Waals surface area contributed by atoms with Crippen molar-refractivity contribution >= 4 is 56.5 Å². The van der Waals surface area contributed by atoms with E-state index in [1.165, 1.54) is 4.90 Å². The molecule has 0 aliphatic carbocycles. The van der Waals surface area contributed by atoms with Gasteiger partial charge in [0.2, 0.25) is 0 Å². The average Bonchev–Trinajstić information content (AvgIpc) is 2.94. The van der Waals surface area contributed by atoms with Crippen LogP contribution in [-0.2, 0) is 11.3 Å². The zero-order valence-electron chi connectivity index (χ0n) is 15.9. The van der Waals surface area contributed by atoms with Gasteiger partial charge in [0.1, 0.15) is 0 Å². The number of amides is 2. The molecule has 1 aliphatic rings. The Morgan fingerprint density at radius 3 is 2.45 bits per heavy atom. The van der Waals surface area contributed by atoms with E-state index in [2.05, 4.69) is 15.9 Å². The molecule has 2 aromatic rings. The predicted octanol–water partition coefficient (Wildman–Crippen LogP) is 6.14. The minimum absolute atomic E-state index is 0.226. The van der Waals surface area contributed by atoms with Crippen molar-refractivity contribution < 1.29 is 19.1 Å². The highest BCUT2D eigenvalue weighted by Gasteiger charge is 2.35. The monoisotopic (exact) mass is 495 g/mol. The molecule has 0 saturated carbocycles. The second-order valence-corrected chi connectivity index (χ2v) is 8.41. The van der Waals surface area contributed by atoms with Gasteiger partial charge in [-0.2, -0.15) is 0 Å². The van der Waals surface area contributed by atoms with Gasteiger partial charge in [-0.3, -0.25) is 14.5 Å². The molecule has 2 amide bonds. The second-order valence-electron chi connectivity index (χ2n) is 6.09. The van der Waals surface area contributed by atoms with E-state index >= 15 is 0 Å². The van der Waals surface area contributed by atoms with Crippen molar-refractivity contribution in [1.29, 1.82) is 0 Å². The van der Waals surface area contributed by atoms with Gasteiger partial charge in [0.05, 0.1) is 29.7 Å². The summed E-state index contributed by atoms with van der Waals surface area (Å²) in [6.07, 6.45) is 1.65. The van der Waals surface area contributed by atoms with Crippen molar-refractivity contribution in [3.63, 3.8) is 0 Å². The molecule has 0 unspecified atom stereocenters. The topological polar surface area (TPSA) is 55.8 Å². The van der Waals surface area contributed by atoms with E-state index < -0.39 is 0 Å². The van der Waals surface area contributed by atoms with Crippen molar-refractivity contribution in [2.45, 2.75) is 20.4 Å². The number of hydrogen-bond donors (Lipinski definition) is 0. The molecule has 152 valence electrons. The van der Waals surface area contributed by atoms with Crippen molar-refractivity contribution in [3.8, 4) is 11.5 Å². The zero-order valence-corrected chi connectivity index (χ0v) is 19.1. The third-order valence-corrected chi connectivity index (χ3v) is 5.76. The molecule has 5 nitrogen and oxygen atoms in total. The van der Waals surface area contributed by atoms with Gasteiger partial charge >= 0.3 is 0 Å². The van der Waals surface area contributed by atoms with Crippen LogP contribution in [0, 0.1) is 0 Å². The van der Waals surface area contributed by atoms with Crippen molar-refractivity contribution in [2.75, 3.05) is 13.2 Å². The lowest BCUT2D eigenvalue weighted by Crippen LogP contribution is -2.27. The maximum Gasteiger partial charge on any atom is 0.293 e. The minimum Gasteiger partial charge on any atom is -0.490 e. The van der Waals surface area contributed by atoms with Gasteiger partial charge in [-0.05, 0) is 67.1 Å². The zero-order chi connectivity index (χ0) is 21.0. The smallest absolute Gasteiger partial charge is 0.293 e. The summed E-state index contributed by atoms with van der Waals surface area (Å²) in [6, 6.07) is 10.9. The summed E-state index contributed by atoms with van der Waals surface area (Å²) in [5.41, 5.74) is 1.54. The van der Waals surface area contributed by atoms with Crippen LogP contribution < -0.4 is 9.47 Å². The highest BCUT2D eigenvalue weighted by molar-refractivity contribution is 9.10. The quantitative estimate of drug-likeness (QED) is 0.431. The lowest BCUT2D eigenvalue weighted by Gasteiger charge is -2.13. The number of ether oxygens (including phenoxy) is 2. The van der Waals surface area contributed by atoms with Crippen LogP contribution in [0.15, 0.2) is 45.8 Å². The number of halogens is 2. The molecule has 8 heteroatoms. The molecule has 1 aliphatic heterocycles. The van der Waals surface area contributed by atoms with Crippen LogP contribution in [0.1, 0.15) is 25.0 Å². The van der Waals surface area contributed by atoms with Gasteiger partial charge in [-0.25, -0.2) is 0 Å². The number of thioether (sulfide) groups is 1. The van der Waals surface area contributed by atoms with Crippen molar-refractivity contribution in [1.82, 2.24) is 4.90 Å². The summed E-state index contributed by atoms with van der Waals surface area (Å²) in [5.74, 6) is 0.643. The highest BCUT2D eigenvalue weighted by atomic mass is 79.9. The van der Waals surface area contributed by atoms with Crippen molar-refractivity contribution in [3.05, 3.63) is 61.9 Å². The second kappa shape index (κ2) is 9.69. The summed E-state index contributed by atoms with van der Waals surface area (Å²) in [4.78, 5) is 26.7. The number of imide groups is 1. The molecule has 0 bridgehead atoms. The molecule has 1 fully saturated rings. The van der Waals surface area contributed by atoms with Crippen LogP contribution in [0.4, 0.5) is 4.79 Å². The van der Waals surface area contributed by atoms with Crippen LogP contribution in [0.2, 0.25) is 5.02 Å². The SMILES string of the molecule is CCOc1cc(/C=C2\SC(=O)N(Cc3ccc(Br)cc3)C2=O)cc(Cl)c1OCC. The summed E-state index contributed by atoms with van der Waals surface area (Å²) < 4.78 is 12.1. The molecule has 0 radical (unpaired) electrons. The molecule has 0 atom stereocenters. The number of benzene rings is 2. The fraction of sp³-hybridized carbons (Fsp3) is 0.238. The maximum atomic E-state index is 12.8. The average molecular weight is 497 g/mol. The largest absolute Gasteiger partial charge is 0.490 e. The molecule has 29 heavy (non-hydrogen) atoms. The normalized spacial score (nSPS) is 15.3. The summed E-state index contributed by atoms with van der Waals surface area (Å²) in [7, 11) is 0. The standard InChI is InChI=1S/C21H19BrClNO4S/c1-3-27-17-10-14(9-16(23)19(17)28-4-2)11-18-20(25)24(21(26)29-18)12-13-5-7-15(22)8-6-13/h5-11H,3-4,12H2,1-2H3/b18-11-. The molecule has 2 aromatic carbocycles. The Balaban J connectivity index is 1.86. The first-order chi connectivity index (χ1) is 13.9. The van der Waals surface area contributed by atoms with Gasteiger partial charge in [0.15, 0.2) is 11.5 Å². The minimum atomic E-state index is -0.328. The molecule has 0 aromatic heterocycles. The predicted molar refractivity (Wildman–Crippen MR) is 119 cm³/mol. The van der Waals surface area contributed by atoms with Crippen LogP contribution in [-0.4, -0.2) is 29.3 Å². The van der Waals surface area contributed by atoms with E-state index in [0.717, 1.165) is 21.8 Å². The van der Waals surface area contributed by atoms with E-state index in [4.69, 9.17) is 21.1 Å². The van der Waals surface area contributed by atoms with Gasteiger partial charge in [-0.1, -0.05) is 39.7 Å². The van der Waals surface area contributed by atoms with Crippen molar-refractivity contribution in [2.24, 2.45) is 0 Å². The molecular formula is C21H19BrClNO4S. The van der Waals surface area contributed by atoms with Crippen LogP contribution >= 0.6 is 39.3 Å². The number of rotatable bonds is 7. The Hall–Kier alpha value is -1.96. The maximum absolute atomic E-state index is 12.8. The van der Waals surface area contributed by atoms with E-state index in [1.54, 1.807) is 18.2 Å². The third kappa shape index (κ3) is 5.15. The molecule has 1 heterocycles. The molecule has 0 N–H and O–H groups in total. The van der Waals surface area contributed by atoms with E-state index in [0.29, 0.717) is 40.2 Å². The lowest BCUT2D eigenvalue weighted by molar-refractivity contribution is -0.123. The number of nitrogens with zero attached hydrogens (tertiary/aromatic N) is 1. The Labute approximate surface area is 187 Å². The number of carbonyl (C=O) groups excluding carboxylic acids is 2. The Bertz CT molecular complexity index is 962. The van der Waals surface area contributed by atoms with Gasteiger partial charge in [0, 0.05) is 4.47 Å². The van der Waals surface area contributed by atoms with E-state index in [1.807, 2.05) is 38.1 Å². The summed E-state index contributed by atoms with van der Waals surface area (Å²) in [5, 5.41) is 0.0874. The summed E-state index contributed by atoms with van der Waals surface area (Å²) >= 11 is 10.6. The van der Waals surface area contributed by atoms with Crippen LogP contribution in [0.5, 0.6) is 11.5 Å². The van der Waals surface area contributed by atoms with Gasteiger partial charge in [-0.15, -0.1) is 0 Å². The Morgan fingerprint density at radius 2 is 1.79 bits per heavy atom. The number of hydrogen-bond acceptors (Lipinski definition) is 5. The first-order valence-electron chi connectivity index (χ1n) is 9.01. The van der Waals surface area contributed by atoms with Crippen LogP contribution in [0.25, 0.3) is 6.08 Å². The van der Waals surface area contributed by atoms with Gasteiger partial charge in [0.25, 0.3) is 11.1 Å².